The summed E-state index contributed by atoms with van der Waals surface area (Å²) >= 11 is 0.770. The van der Waals surface area contributed by atoms with Gasteiger partial charge < -0.3 is 14.8 Å². The number of alkyl halides is 2. The Balaban J connectivity index is 1.48. The summed E-state index contributed by atoms with van der Waals surface area (Å²) in [4.78, 5) is 38.0. The molecule has 10 heteroatoms. The summed E-state index contributed by atoms with van der Waals surface area (Å²) in [5.41, 5.74) is 2.57. The highest BCUT2D eigenvalue weighted by Gasteiger charge is 2.34. The van der Waals surface area contributed by atoms with Crippen LogP contribution in [0.1, 0.15) is 16.7 Å². The van der Waals surface area contributed by atoms with Gasteiger partial charge in [-0.25, -0.2) is 0 Å². The lowest BCUT2D eigenvalue weighted by Crippen LogP contribution is -2.38. The van der Waals surface area contributed by atoms with Gasteiger partial charge in [0.15, 0.2) is 6.61 Å². The zero-order valence-electron chi connectivity index (χ0n) is 18.0. The van der Waals surface area contributed by atoms with Crippen LogP contribution in [0.15, 0.2) is 47.4 Å². The van der Waals surface area contributed by atoms with Gasteiger partial charge in [0.2, 0.25) is 0 Å². The lowest BCUT2D eigenvalue weighted by molar-refractivity contribution is -0.125. The van der Waals surface area contributed by atoms with E-state index in [0.29, 0.717) is 11.3 Å². The van der Waals surface area contributed by atoms with Gasteiger partial charge in [0.05, 0.1) is 4.91 Å². The van der Waals surface area contributed by atoms with Crippen LogP contribution in [0.5, 0.6) is 11.5 Å². The van der Waals surface area contributed by atoms with Gasteiger partial charge in [-0.15, -0.1) is 0 Å². The number of rotatable bonds is 9. The van der Waals surface area contributed by atoms with Crippen molar-refractivity contribution in [3.8, 4) is 11.5 Å². The summed E-state index contributed by atoms with van der Waals surface area (Å²) in [5.74, 6) is -0.254. The molecular weight excluding hydrogens is 454 g/mol. The summed E-state index contributed by atoms with van der Waals surface area (Å²) in [5, 5.41) is 2.17. The Morgan fingerprint density at radius 1 is 1.15 bits per heavy atom. The highest BCUT2D eigenvalue weighted by atomic mass is 32.2. The Labute approximate surface area is 193 Å². The number of hydrogen-bond acceptors (Lipinski definition) is 6. The number of thioether (sulfide) groups is 1. The lowest BCUT2D eigenvalue weighted by Gasteiger charge is -2.13. The Morgan fingerprint density at radius 2 is 1.88 bits per heavy atom. The van der Waals surface area contributed by atoms with Gasteiger partial charge >= 0.3 is 6.61 Å². The monoisotopic (exact) mass is 476 g/mol. The number of nitrogens with zero attached hydrogens (tertiary/aromatic N) is 1. The third-order valence-electron chi connectivity index (χ3n) is 4.62. The Hall–Kier alpha value is -3.40. The van der Waals surface area contributed by atoms with Crippen molar-refractivity contribution in [2.45, 2.75) is 20.5 Å². The average Bonchev–Trinajstić information content (AvgIpc) is 3.01. The van der Waals surface area contributed by atoms with Gasteiger partial charge in [-0.3, -0.25) is 19.3 Å². The van der Waals surface area contributed by atoms with E-state index in [1.807, 2.05) is 26.0 Å². The van der Waals surface area contributed by atoms with E-state index < -0.39 is 17.8 Å². The molecule has 1 heterocycles. The maximum atomic E-state index is 12.5. The highest BCUT2D eigenvalue weighted by molar-refractivity contribution is 8.18. The minimum absolute atomic E-state index is 0.00693. The Morgan fingerprint density at radius 3 is 2.55 bits per heavy atom. The zero-order chi connectivity index (χ0) is 24.0. The Bertz CT molecular complexity index is 1070. The molecule has 1 saturated heterocycles. The van der Waals surface area contributed by atoms with Crippen LogP contribution in [0.3, 0.4) is 0 Å². The van der Waals surface area contributed by atoms with E-state index in [0.717, 1.165) is 27.8 Å². The SMILES string of the molecule is Cc1ccc(OCC(=O)NCCN2C(=O)S/C(=C\c3ccc(OC(F)F)cc3)C2=O)c(C)c1. The summed E-state index contributed by atoms with van der Waals surface area (Å²) in [6.45, 7) is 0.839. The van der Waals surface area contributed by atoms with Crippen LogP contribution in [0.2, 0.25) is 0 Å². The highest BCUT2D eigenvalue weighted by Crippen LogP contribution is 2.32. The number of benzene rings is 2. The molecule has 0 saturated carbocycles. The second-order valence-corrected chi connectivity index (χ2v) is 8.18. The first-order chi connectivity index (χ1) is 15.7. The first-order valence-corrected chi connectivity index (χ1v) is 10.8. The van der Waals surface area contributed by atoms with Crippen LogP contribution in [-0.4, -0.2) is 48.3 Å². The molecule has 0 atom stereocenters. The van der Waals surface area contributed by atoms with E-state index in [-0.39, 0.29) is 36.3 Å². The van der Waals surface area contributed by atoms with Crippen molar-refractivity contribution < 1.29 is 32.6 Å². The number of imide groups is 1. The second kappa shape index (κ2) is 11.0. The topological polar surface area (TPSA) is 84.9 Å². The molecule has 3 rings (SSSR count). The largest absolute Gasteiger partial charge is 0.484 e. The molecule has 0 unspecified atom stereocenters. The first-order valence-electron chi connectivity index (χ1n) is 10.00. The molecule has 3 amide bonds. The molecule has 2 aromatic carbocycles. The molecule has 2 aromatic rings. The van der Waals surface area contributed by atoms with Gasteiger partial charge in [0.1, 0.15) is 11.5 Å². The smallest absolute Gasteiger partial charge is 0.387 e. The van der Waals surface area contributed by atoms with Crippen molar-refractivity contribution in [3.63, 3.8) is 0 Å². The number of nitrogens with one attached hydrogen (secondary N) is 1. The molecule has 0 spiro atoms. The molecule has 1 N–H and O–H groups in total. The number of ether oxygens (including phenoxy) is 2. The molecular formula is C23H22F2N2O5S. The maximum absolute atomic E-state index is 12.5. The number of carbonyl (C=O) groups excluding carboxylic acids is 3. The van der Waals surface area contributed by atoms with E-state index in [9.17, 15) is 23.2 Å². The third-order valence-corrected chi connectivity index (χ3v) is 5.53. The van der Waals surface area contributed by atoms with Gasteiger partial charge in [-0.2, -0.15) is 8.78 Å². The van der Waals surface area contributed by atoms with Crippen molar-refractivity contribution in [2.24, 2.45) is 0 Å². The Kier molecular flexibility index (Phi) is 8.05. The molecule has 0 bridgehead atoms. The predicted octanol–water partition coefficient (Wildman–Crippen LogP) is 4.14. The number of carbonyl (C=O) groups is 3. The average molecular weight is 477 g/mol. The number of amides is 3. The summed E-state index contributed by atoms with van der Waals surface area (Å²) in [6.07, 6.45) is 1.49. The van der Waals surface area contributed by atoms with Crippen LogP contribution in [0.4, 0.5) is 13.6 Å². The third kappa shape index (κ3) is 6.79. The maximum Gasteiger partial charge on any atom is 0.387 e. The molecule has 1 fully saturated rings. The fourth-order valence-electron chi connectivity index (χ4n) is 3.05. The molecule has 0 radical (unpaired) electrons. The van der Waals surface area contributed by atoms with Crippen LogP contribution in [0, 0.1) is 13.8 Å². The van der Waals surface area contributed by atoms with Crippen LogP contribution < -0.4 is 14.8 Å². The van der Waals surface area contributed by atoms with E-state index in [1.165, 1.54) is 30.3 Å². The van der Waals surface area contributed by atoms with Gasteiger partial charge in [0.25, 0.3) is 17.1 Å². The number of halogens is 2. The van der Waals surface area contributed by atoms with E-state index >= 15 is 0 Å². The zero-order valence-corrected chi connectivity index (χ0v) is 18.8. The van der Waals surface area contributed by atoms with Crippen LogP contribution >= 0.6 is 11.8 Å². The first kappa shape index (κ1) is 24.2. The van der Waals surface area contributed by atoms with Crippen LogP contribution in [-0.2, 0) is 9.59 Å². The van der Waals surface area contributed by atoms with E-state index in [4.69, 9.17) is 4.74 Å². The molecule has 0 aromatic heterocycles. The number of hydrogen-bond donors (Lipinski definition) is 1. The summed E-state index contributed by atoms with van der Waals surface area (Å²) < 4.78 is 34.2. The predicted molar refractivity (Wildman–Crippen MR) is 120 cm³/mol. The molecule has 7 nitrogen and oxygen atoms in total. The second-order valence-electron chi connectivity index (χ2n) is 7.19. The standard InChI is InChI=1S/C23H22F2N2O5S/c1-14-3-8-18(15(2)11-14)31-13-20(28)26-9-10-27-21(29)19(33-23(27)30)12-16-4-6-17(7-5-16)32-22(24)25/h3-8,11-12,22H,9-10,13H2,1-2H3,(H,26,28)/b19-12-. The molecule has 0 aliphatic carbocycles. The quantitative estimate of drug-likeness (QED) is 0.548. The number of aryl methyl sites for hydroxylation is 2. The minimum atomic E-state index is -2.92. The summed E-state index contributed by atoms with van der Waals surface area (Å²) in [7, 11) is 0. The molecule has 1 aliphatic rings. The van der Waals surface area contributed by atoms with E-state index in [1.54, 1.807) is 6.07 Å². The van der Waals surface area contributed by atoms with Crippen molar-refractivity contribution in [2.75, 3.05) is 19.7 Å². The summed E-state index contributed by atoms with van der Waals surface area (Å²) in [6, 6.07) is 11.3. The molecule has 33 heavy (non-hydrogen) atoms. The van der Waals surface area contributed by atoms with Crippen molar-refractivity contribution in [3.05, 3.63) is 64.1 Å². The van der Waals surface area contributed by atoms with Crippen molar-refractivity contribution >= 4 is 34.9 Å². The van der Waals surface area contributed by atoms with Crippen LogP contribution in [0.25, 0.3) is 6.08 Å². The fraction of sp³-hybridized carbons (Fsp3) is 0.261. The van der Waals surface area contributed by atoms with Gasteiger partial charge in [0, 0.05) is 13.1 Å². The van der Waals surface area contributed by atoms with Gasteiger partial charge in [-0.1, -0.05) is 29.8 Å². The normalized spacial score (nSPS) is 14.8. The molecule has 174 valence electrons. The minimum Gasteiger partial charge on any atom is -0.484 e. The fourth-order valence-corrected chi connectivity index (χ4v) is 3.92. The van der Waals surface area contributed by atoms with Gasteiger partial charge in [-0.05, 0) is 61.0 Å². The van der Waals surface area contributed by atoms with Crippen molar-refractivity contribution in [1.82, 2.24) is 10.2 Å². The van der Waals surface area contributed by atoms with Crippen molar-refractivity contribution in [1.29, 1.82) is 0 Å². The molecule has 1 aliphatic heterocycles. The van der Waals surface area contributed by atoms with E-state index in [2.05, 4.69) is 10.1 Å². The lowest BCUT2D eigenvalue weighted by atomic mass is 10.1.